The van der Waals surface area contributed by atoms with Crippen molar-refractivity contribution in [2.45, 2.75) is 6.10 Å². The molecule has 1 fully saturated rings. The molecular weight excluding hydrogens is 250 g/mol. The number of nitro benzene ring substituents is 1. The topological polar surface area (TPSA) is 97.4 Å². The smallest absolute Gasteiger partial charge is 0.287 e. The van der Waals surface area contributed by atoms with Gasteiger partial charge in [-0.3, -0.25) is 10.1 Å². The Labute approximate surface area is 109 Å². The second kappa shape index (κ2) is 6.13. The van der Waals surface area contributed by atoms with E-state index in [1.165, 1.54) is 12.1 Å². The molecule has 1 aliphatic heterocycles. The average molecular weight is 263 g/mol. The summed E-state index contributed by atoms with van der Waals surface area (Å²) < 4.78 is 10.7. The molecule has 1 aromatic carbocycles. The summed E-state index contributed by atoms with van der Waals surface area (Å²) >= 11 is 0. The van der Waals surface area contributed by atoms with E-state index in [4.69, 9.17) is 14.7 Å². The standard InChI is InChI=1S/C12H13N3O4/c13-6-9-5-10(1-2-12(9)15(16)17)14-7-11-8-18-3-4-19-11/h1-2,5,11,14H,3-4,7-8H2. The number of anilines is 1. The van der Waals surface area contributed by atoms with Crippen molar-refractivity contribution in [3.8, 4) is 6.07 Å². The lowest BCUT2D eigenvalue weighted by Gasteiger charge is -2.23. The first-order valence-corrected chi connectivity index (χ1v) is 5.82. The molecule has 0 spiro atoms. The van der Waals surface area contributed by atoms with E-state index >= 15 is 0 Å². The molecule has 7 heteroatoms. The van der Waals surface area contributed by atoms with Gasteiger partial charge in [0.2, 0.25) is 0 Å². The molecule has 19 heavy (non-hydrogen) atoms. The molecule has 0 aromatic heterocycles. The first-order chi connectivity index (χ1) is 9.20. The van der Waals surface area contributed by atoms with Gasteiger partial charge in [-0.2, -0.15) is 5.26 Å². The number of nitrogens with one attached hydrogen (secondary N) is 1. The predicted molar refractivity (Wildman–Crippen MR) is 66.9 cm³/mol. The number of nitriles is 1. The summed E-state index contributed by atoms with van der Waals surface area (Å²) in [5.41, 5.74) is 0.498. The summed E-state index contributed by atoms with van der Waals surface area (Å²) in [6, 6.07) is 6.17. The van der Waals surface area contributed by atoms with E-state index in [1.807, 2.05) is 6.07 Å². The van der Waals surface area contributed by atoms with Gasteiger partial charge in [-0.05, 0) is 12.1 Å². The Kier molecular flexibility index (Phi) is 4.28. The number of nitrogens with zero attached hydrogens (tertiary/aromatic N) is 2. The Balaban J connectivity index is 2.01. The fourth-order valence-corrected chi connectivity index (χ4v) is 1.78. The molecule has 0 saturated carbocycles. The minimum atomic E-state index is -0.569. The highest BCUT2D eigenvalue weighted by atomic mass is 16.6. The maximum atomic E-state index is 10.7. The van der Waals surface area contributed by atoms with E-state index in [9.17, 15) is 10.1 Å². The summed E-state index contributed by atoms with van der Waals surface area (Å²) in [4.78, 5) is 10.1. The number of hydrogen-bond donors (Lipinski definition) is 1. The third-order valence-corrected chi connectivity index (χ3v) is 2.73. The van der Waals surface area contributed by atoms with Crippen LogP contribution >= 0.6 is 0 Å². The Morgan fingerprint density at radius 1 is 1.53 bits per heavy atom. The normalized spacial score (nSPS) is 18.6. The first kappa shape index (κ1) is 13.3. The quantitative estimate of drug-likeness (QED) is 0.649. The molecule has 1 N–H and O–H groups in total. The van der Waals surface area contributed by atoms with Crippen molar-refractivity contribution in [1.82, 2.24) is 0 Å². The summed E-state index contributed by atoms with van der Waals surface area (Å²) in [7, 11) is 0. The van der Waals surface area contributed by atoms with E-state index in [0.29, 0.717) is 32.1 Å². The van der Waals surface area contributed by atoms with Crippen LogP contribution in [-0.2, 0) is 9.47 Å². The Morgan fingerprint density at radius 2 is 2.37 bits per heavy atom. The number of ether oxygens (including phenoxy) is 2. The molecule has 1 saturated heterocycles. The minimum Gasteiger partial charge on any atom is -0.382 e. The van der Waals surface area contributed by atoms with Crippen LogP contribution in [0.3, 0.4) is 0 Å². The molecule has 0 radical (unpaired) electrons. The number of benzene rings is 1. The van der Waals surface area contributed by atoms with Gasteiger partial charge < -0.3 is 14.8 Å². The van der Waals surface area contributed by atoms with Gasteiger partial charge in [0.15, 0.2) is 0 Å². The van der Waals surface area contributed by atoms with E-state index in [-0.39, 0.29) is 17.4 Å². The van der Waals surface area contributed by atoms with Crippen LogP contribution in [0.4, 0.5) is 11.4 Å². The maximum Gasteiger partial charge on any atom is 0.287 e. The van der Waals surface area contributed by atoms with Crippen LogP contribution in [0, 0.1) is 21.4 Å². The molecule has 7 nitrogen and oxygen atoms in total. The highest BCUT2D eigenvalue weighted by Crippen LogP contribution is 2.21. The lowest BCUT2D eigenvalue weighted by atomic mass is 10.1. The SMILES string of the molecule is N#Cc1cc(NCC2COCCO2)ccc1[N+](=O)[O-]. The van der Waals surface area contributed by atoms with Gasteiger partial charge in [-0.15, -0.1) is 0 Å². The molecule has 100 valence electrons. The summed E-state index contributed by atoms with van der Waals surface area (Å²) in [5.74, 6) is 0. The molecular formula is C12H13N3O4. The molecule has 1 unspecified atom stereocenters. The van der Waals surface area contributed by atoms with E-state index in [0.717, 1.165) is 0 Å². The second-order valence-electron chi connectivity index (χ2n) is 4.05. The summed E-state index contributed by atoms with van der Waals surface area (Å²) in [6.45, 7) is 2.22. The van der Waals surface area contributed by atoms with Crippen LogP contribution in [0.15, 0.2) is 18.2 Å². The predicted octanol–water partition coefficient (Wildman–Crippen LogP) is 1.29. The van der Waals surface area contributed by atoms with Crippen molar-refractivity contribution < 1.29 is 14.4 Å². The van der Waals surface area contributed by atoms with Crippen molar-refractivity contribution in [3.05, 3.63) is 33.9 Å². The number of hydrogen-bond acceptors (Lipinski definition) is 6. The zero-order valence-electron chi connectivity index (χ0n) is 10.2. The van der Waals surface area contributed by atoms with E-state index in [1.54, 1.807) is 6.07 Å². The van der Waals surface area contributed by atoms with E-state index < -0.39 is 4.92 Å². The first-order valence-electron chi connectivity index (χ1n) is 5.82. The molecule has 0 amide bonds. The van der Waals surface area contributed by atoms with Crippen LogP contribution in [0.2, 0.25) is 0 Å². The van der Waals surface area contributed by atoms with Gasteiger partial charge in [0, 0.05) is 18.3 Å². The highest BCUT2D eigenvalue weighted by molar-refractivity contribution is 5.58. The van der Waals surface area contributed by atoms with Gasteiger partial charge >= 0.3 is 0 Å². The van der Waals surface area contributed by atoms with Gasteiger partial charge in [0.1, 0.15) is 11.6 Å². The molecule has 1 aliphatic rings. The molecule has 1 atom stereocenters. The monoisotopic (exact) mass is 263 g/mol. The minimum absolute atomic E-state index is 0.0378. The van der Waals surface area contributed by atoms with Gasteiger partial charge in [0.25, 0.3) is 5.69 Å². The zero-order chi connectivity index (χ0) is 13.7. The van der Waals surface area contributed by atoms with Crippen molar-refractivity contribution in [2.24, 2.45) is 0 Å². The molecule has 1 aromatic rings. The van der Waals surface area contributed by atoms with Crippen molar-refractivity contribution in [2.75, 3.05) is 31.7 Å². The third kappa shape index (κ3) is 3.40. The van der Waals surface area contributed by atoms with Crippen LogP contribution < -0.4 is 5.32 Å². The molecule has 1 heterocycles. The Hall–Kier alpha value is -2.17. The second-order valence-corrected chi connectivity index (χ2v) is 4.05. The fourth-order valence-electron chi connectivity index (χ4n) is 1.78. The maximum absolute atomic E-state index is 10.7. The van der Waals surface area contributed by atoms with Crippen LogP contribution in [-0.4, -0.2) is 37.4 Å². The zero-order valence-corrected chi connectivity index (χ0v) is 10.2. The molecule has 0 aliphatic carbocycles. The third-order valence-electron chi connectivity index (χ3n) is 2.73. The number of nitro groups is 1. The highest BCUT2D eigenvalue weighted by Gasteiger charge is 2.16. The lowest BCUT2D eigenvalue weighted by molar-refractivity contribution is -0.385. The van der Waals surface area contributed by atoms with E-state index in [2.05, 4.69) is 5.32 Å². The largest absolute Gasteiger partial charge is 0.382 e. The van der Waals surface area contributed by atoms with Crippen LogP contribution in [0.25, 0.3) is 0 Å². The van der Waals surface area contributed by atoms with Crippen molar-refractivity contribution >= 4 is 11.4 Å². The van der Waals surface area contributed by atoms with Crippen molar-refractivity contribution in [1.29, 1.82) is 5.26 Å². The van der Waals surface area contributed by atoms with Crippen LogP contribution in [0.1, 0.15) is 5.56 Å². The number of rotatable bonds is 4. The fraction of sp³-hybridized carbons (Fsp3) is 0.417. The van der Waals surface area contributed by atoms with Crippen molar-refractivity contribution in [3.63, 3.8) is 0 Å². The average Bonchev–Trinajstić information content (AvgIpc) is 2.45. The summed E-state index contributed by atoms with van der Waals surface area (Å²) in [6.07, 6.45) is -0.0468. The molecule has 2 rings (SSSR count). The van der Waals surface area contributed by atoms with Gasteiger partial charge in [0.05, 0.1) is 30.8 Å². The Bertz CT molecular complexity index is 506. The van der Waals surface area contributed by atoms with Gasteiger partial charge in [-0.1, -0.05) is 0 Å². The molecule has 0 bridgehead atoms. The Morgan fingerprint density at radius 3 is 3.00 bits per heavy atom. The van der Waals surface area contributed by atoms with Crippen LogP contribution in [0.5, 0.6) is 0 Å². The van der Waals surface area contributed by atoms with Gasteiger partial charge in [-0.25, -0.2) is 0 Å². The summed E-state index contributed by atoms with van der Waals surface area (Å²) in [5, 5.41) is 22.7. The lowest BCUT2D eigenvalue weighted by Crippen LogP contribution is -2.34.